The van der Waals surface area contributed by atoms with Crippen LogP contribution in [-0.2, 0) is 6.42 Å². The molecule has 0 aliphatic rings. The molecule has 0 fully saturated rings. The number of thiocarbonyl (C=S) groups is 1. The third-order valence-electron chi connectivity index (χ3n) is 3.28. The van der Waals surface area contributed by atoms with Crippen molar-refractivity contribution in [3.63, 3.8) is 0 Å². The molecule has 2 aromatic carbocycles. The number of anilines is 1. The number of hydrogen-bond acceptors (Lipinski definition) is 2. The SMILES string of the molecule is CC(C)Oc1cccc(CCCNC(=S)Nc2cccc(F)c2)c1. The van der Waals surface area contributed by atoms with E-state index in [0.29, 0.717) is 10.8 Å². The van der Waals surface area contributed by atoms with Crippen LogP contribution in [0, 0.1) is 5.82 Å². The lowest BCUT2D eigenvalue weighted by atomic mass is 10.1. The summed E-state index contributed by atoms with van der Waals surface area (Å²) in [6, 6.07) is 14.4. The molecule has 3 nitrogen and oxygen atoms in total. The summed E-state index contributed by atoms with van der Waals surface area (Å²) in [4.78, 5) is 0. The van der Waals surface area contributed by atoms with Crippen LogP contribution in [-0.4, -0.2) is 17.8 Å². The van der Waals surface area contributed by atoms with Crippen molar-refractivity contribution in [2.45, 2.75) is 32.8 Å². The van der Waals surface area contributed by atoms with Crippen LogP contribution in [0.15, 0.2) is 48.5 Å². The third kappa shape index (κ3) is 6.54. The van der Waals surface area contributed by atoms with Crippen LogP contribution < -0.4 is 15.4 Å². The molecule has 0 heterocycles. The summed E-state index contributed by atoms with van der Waals surface area (Å²) < 4.78 is 18.8. The first-order chi connectivity index (χ1) is 11.5. The summed E-state index contributed by atoms with van der Waals surface area (Å²) in [7, 11) is 0. The monoisotopic (exact) mass is 346 g/mol. The second kappa shape index (κ2) is 9.23. The van der Waals surface area contributed by atoms with Gasteiger partial charge >= 0.3 is 0 Å². The maximum absolute atomic E-state index is 13.1. The molecule has 24 heavy (non-hydrogen) atoms. The summed E-state index contributed by atoms with van der Waals surface area (Å²) in [6.45, 7) is 4.78. The topological polar surface area (TPSA) is 33.3 Å². The van der Waals surface area contributed by atoms with Gasteiger partial charge in [0.2, 0.25) is 0 Å². The van der Waals surface area contributed by atoms with Gasteiger partial charge < -0.3 is 15.4 Å². The van der Waals surface area contributed by atoms with Crippen molar-refractivity contribution in [1.82, 2.24) is 5.32 Å². The molecule has 0 aromatic heterocycles. The molecule has 2 N–H and O–H groups in total. The van der Waals surface area contributed by atoms with Crippen molar-refractivity contribution in [3.8, 4) is 5.75 Å². The Bertz CT molecular complexity index is 676. The lowest BCUT2D eigenvalue weighted by molar-refractivity contribution is 0.242. The van der Waals surface area contributed by atoms with E-state index in [1.54, 1.807) is 12.1 Å². The van der Waals surface area contributed by atoms with Gasteiger partial charge in [0, 0.05) is 12.2 Å². The Kier molecular flexibility index (Phi) is 7.00. The Morgan fingerprint density at radius 1 is 1.17 bits per heavy atom. The first kappa shape index (κ1) is 18.2. The number of halogens is 1. The Morgan fingerprint density at radius 3 is 2.71 bits per heavy atom. The highest BCUT2D eigenvalue weighted by atomic mass is 32.1. The summed E-state index contributed by atoms with van der Waals surface area (Å²) in [5.41, 5.74) is 1.88. The fraction of sp³-hybridized carbons (Fsp3) is 0.316. The van der Waals surface area contributed by atoms with Crippen LogP contribution in [0.25, 0.3) is 0 Å². The average molecular weight is 346 g/mol. The zero-order valence-corrected chi connectivity index (χ0v) is 14.8. The van der Waals surface area contributed by atoms with Gasteiger partial charge in [0.15, 0.2) is 5.11 Å². The standard InChI is InChI=1S/C19H23FN2OS/c1-14(2)23-18-10-3-6-15(12-18)7-5-11-21-19(24)22-17-9-4-8-16(20)13-17/h3-4,6,8-10,12-14H,5,7,11H2,1-2H3,(H2,21,22,24). The first-order valence-corrected chi connectivity index (χ1v) is 8.50. The van der Waals surface area contributed by atoms with Crippen molar-refractivity contribution in [1.29, 1.82) is 0 Å². The molecule has 0 saturated heterocycles. The number of rotatable bonds is 7. The highest BCUT2D eigenvalue weighted by molar-refractivity contribution is 7.80. The average Bonchev–Trinajstić information content (AvgIpc) is 2.51. The molecule has 0 spiro atoms. The van der Waals surface area contributed by atoms with Gasteiger partial charge in [-0.2, -0.15) is 0 Å². The van der Waals surface area contributed by atoms with Crippen LogP contribution in [0.4, 0.5) is 10.1 Å². The van der Waals surface area contributed by atoms with Gasteiger partial charge in [-0.25, -0.2) is 4.39 Å². The minimum Gasteiger partial charge on any atom is -0.491 e. The maximum Gasteiger partial charge on any atom is 0.170 e. The van der Waals surface area contributed by atoms with Crippen LogP contribution >= 0.6 is 12.2 Å². The third-order valence-corrected chi connectivity index (χ3v) is 3.53. The zero-order valence-electron chi connectivity index (χ0n) is 14.0. The molecule has 2 rings (SSSR count). The zero-order chi connectivity index (χ0) is 17.4. The molecule has 128 valence electrons. The quantitative estimate of drug-likeness (QED) is 0.570. The Morgan fingerprint density at radius 2 is 1.96 bits per heavy atom. The molecule has 2 aromatic rings. The molecule has 0 saturated carbocycles. The van der Waals surface area contributed by atoms with E-state index in [0.717, 1.165) is 25.1 Å². The van der Waals surface area contributed by atoms with Crippen molar-refractivity contribution < 1.29 is 9.13 Å². The van der Waals surface area contributed by atoms with Crippen LogP contribution in [0.1, 0.15) is 25.8 Å². The normalized spacial score (nSPS) is 10.5. The van der Waals surface area contributed by atoms with E-state index in [2.05, 4.69) is 22.8 Å². The van der Waals surface area contributed by atoms with Crippen molar-refractivity contribution in [3.05, 3.63) is 59.9 Å². The molecule has 0 unspecified atom stereocenters. The summed E-state index contributed by atoms with van der Waals surface area (Å²) in [6.07, 6.45) is 2.05. The van der Waals surface area contributed by atoms with Crippen LogP contribution in [0.3, 0.4) is 0 Å². The van der Waals surface area contributed by atoms with E-state index in [-0.39, 0.29) is 11.9 Å². The van der Waals surface area contributed by atoms with E-state index in [1.807, 2.05) is 26.0 Å². The second-order valence-corrected chi connectivity index (χ2v) is 6.22. The molecule has 0 atom stereocenters. The largest absolute Gasteiger partial charge is 0.491 e. The van der Waals surface area contributed by atoms with Gasteiger partial charge in [-0.3, -0.25) is 0 Å². The van der Waals surface area contributed by atoms with Gasteiger partial charge in [-0.1, -0.05) is 18.2 Å². The van der Waals surface area contributed by atoms with E-state index in [1.165, 1.54) is 17.7 Å². The van der Waals surface area contributed by atoms with E-state index in [9.17, 15) is 4.39 Å². The summed E-state index contributed by atoms with van der Waals surface area (Å²) in [5.74, 6) is 0.616. The number of benzene rings is 2. The number of hydrogen-bond donors (Lipinski definition) is 2. The number of nitrogens with one attached hydrogen (secondary N) is 2. The number of ether oxygens (including phenoxy) is 1. The number of aryl methyl sites for hydroxylation is 1. The predicted molar refractivity (Wildman–Crippen MR) is 101 cm³/mol. The van der Waals surface area contributed by atoms with Crippen LogP contribution in [0.2, 0.25) is 0 Å². The summed E-state index contributed by atoms with van der Waals surface area (Å²) >= 11 is 5.21. The molecule has 5 heteroatoms. The fourth-order valence-electron chi connectivity index (χ4n) is 2.28. The second-order valence-electron chi connectivity index (χ2n) is 5.81. The fourth-order valence-corrected chi connectivity index (χ4v) is 2.50. The highest BCUT2D eigenvalue weighted by Gasteiger charge is 2.01. The molecule has 0 amide bonds. The molecule has 0 bridgehead atoms. The predicted octanol–water partition coefficient (Wildman–Crippen LogP) is 4.53. The Labute approximate surface area is 148 Å². The lowest BCUT2D eigenvalue weighted by Gasteiger charge is -2.12. The summed E-state index contributed by atoms with van der Waals surface area (Å²) in [5, 5.41) is 6.60. The maximum atomic E-state index is 13.1. The van der Waals surface area contributed by atoms with Gasteiger partial charge in [0.25, 0.3) is 0 Å². The smallest absolute Gasteiger partial charge is 0.170 e. The van der Waals surface area contributed by atoms with Gasteiger partial charge in [-0.15, -0.1) is 0 Å². The molecular formula is C19H23FN2OS. The minimum atomic E-state index is -0.286. The highest BCUT2D eigenvalue weighted by Crippen LogP contribution is 2.16. The molecule has 0 aliphatic heterocycles. The van der Waals surface area contributed by atoms with Crippen LogP contribution in [0.5, 0.6) is 5.75 Å². The van der Waals surface area contributed by atoms with Crippen molar-refractivity contribution >= 4 is 23.0 Å². The van der Waals surface area contributed by atoms with Crippen molar-refractivity contribution in [2.75, 3.05) is 11.9 Å². The van der Waals surface area contributed by atoms with E-state index >= 15 is 0 Å². The van der Waals surface area contributed by atoms with Gasteiger partial charge in [-0.05, 0) is 74.8 Å². The molecule has 0 aliphatic carbocycles. The van der Waals surface area contributed by atoms with Gasteiger partial charge in [0.05, 0.1) is 6.10 Å². The minimum absolute atomic E-state index is 0.174. The Hall–Kier alpha value is -2.14. The Balaban J connectivity index is 1.71. The lowest BCUT2D eigenvalue weighted by Crippen LogP contribution is -2.29. The van der Waals surface area contributed by atoms with Crippen molar-refractivity contribution in [2.24, 2.45) is 0 Å². The van der Waals surface area contributed by atoms with E-state index in [4.69, 9.17) is 17.0 Å². The van der Waals surface area contributed by atoms with E-state index < -0.39 is 0 Å². The molecule has 0 radical (unpaired) electrons. The molecular weight excluding hydrogens is 323 g/mol. The first-order valence-electron chi connectivity index (χ1n) is 8.09. The van der Waals surface area contributed by atoms with Gasteiger partial charge in [0.1, 0.15) is 11.6 Å².